The van der Waals surface area contributed by atoms with Gasteiger partial charge in [-0.15, -0.1) is 11.3 Å². The summed E-state index contributed by atoms with van der Waals surface area (Å²) in [7, 11) is -0.195. The van der Waals surface area contributed by atoms with Crippen molar-refractivity contribution < 1.29 is 13.2 Å². The molecule has 0 bridgehead atoms. The topological polar surface area (TPSA) is 67.4 Å². The summed E-state index contributed by atoms with van der Waals surface area (Å²) in [4.78, 5) is 0. The second kappa shape index (κ2) is 6.78. The predicted octanol–water partition coefficient (Wildman–Crippen LogP) is 3.04. The number of rotatable bonds is 6. The van der Waals surface area contributed by atoms with Crippen molar-refractivity contribution >= 4 is 43.0 Å². The third-order valence-electron chi connectivity index (χ3n) is 2.68. The molecule has 8 heteroatoms. The minimum Gasteiger partial charge on any atom is -0.496 e. The average Bonchev–Trinajstić information content (AvgIpc) is 2.88. The van der Waals surface area contributed by atoms with Gasteiger partial charge in [0.25, 0.3) is 10.0 Å². The van der Waals surface area contributed by atoms with Crippen LogP contribution >= 0.6 is 27.3 Å². The van der Waals surface area contributed by atoms with Crippen LogP contribution in [-0.4, -0.2) is 22.6 Å². The van der Waals surface area contributed by atoms with Crippen molar-refractivity contribution in [2.24, 2.45) is 0 Å². The van der Waals surface area contributed by atoms with Crippen LogP contribution in [-0.2, 0) is 16.6 Å². The van der Waals surface area contributed by atoms with E-state index in [0.29, 0.717) is 26.7 Å². The van der Waals surface area contributed by atoms with E-state index >= 15 is 0 Å². The average molecular weight is 391 g/mol. The van der Waals surface area contributed by atoms with Crippen molar-refractivity contribution in [3.8, 4) is 5.75 Å². The molecule has 1 heterocycles. The Morgan fingerprint density at radius 1 is 1.33 bits per heavy atom. The Bertz CT molecular complexity index is 729. The molecule has 0 unspecified atom stereocenters. The van der Waals surface area contributed by atoms with Crippen molar-refractivity contribution in [2.45, 2.75) is 10.8 Å². The number of halogens is 1. The standard InChI is InChI=1S/C13H15BrN2O3S2/c1-15-7-9-5-13(20-8-9)21(17,18)16-10-3-4-12(19-2)11(14)6-10/h3-6,8,15-16H,7H2,1-2H3. The molecule has 5 nitrogen and oxygen atoms in total. The number of methoxy groups -OCH3 is 1. The molecule has 0 aliphatic carbocycles. The minimum absolute atomic E-state index is 0.291. The Kier molecular flexibility index (Phi) is 5.26. The van der Waals surface area contributed by atoms with Gasteiger partial charge in [-0.2, -0.15) is 0 Å². The van der Waals surface area contributed by atoms with Gasteiger partial charge >= 0.3 is 0 Å². The van der Waals surface area contributed by atoms with E-state index in [9.17, 15) is 8.42 Å². The van der Waals surface area contributed by atoms with E-state index in [0.717, 1.165) is 5.56 Å². The molecule has 21 heavy (non-hydrogen) atoms. The molecular weight excluding hydrogens is 376 g/mol. The molecular formula is C13H15BrN2O3S2. The van der Waals surface area contributed by atoms with Gasteiger partial charge in [0.05, 0.1) is 17.3 Å². The first-order chi connectivity index (χ1) is 9.96. The maximum absolute atomic E-state index is 12.3. The van der Waals surface area contributed by atoms with Gasteiger partial charge in [-0.3, -0.25) is 4.72 Å². The molecule has 0 saturated heterocycles. The zero-order valence-electron chi connectivity index (χ0n) is 11.5. The normalized spacial score (nSPS) is 11.4. The van der Waals surface area contributed by atoms with Gasteiger partial charge in [0, 0.05) is 6.54 Å². The maximum Gasteiger partial charge on any atom is 0.271 e. The van der Waals surface area contributed by atoms with Crippen LogP contribution in [0.5, 0.6) is 5.75 Å². The molecule has 1 aromatic heterocycles. The summed E-state index contributed by atoms with van der Waals surface area (Å²) in [6, 6.07) is 6.69. The van der Waals surface area contributed by atoms with Crippen LogP contribution in [0, 0.1) is 0 Å². The summed E-state index contributed by atoms with van der Waals surface area (Å²) < 4.78 is 33.3. The monoisotopic (exact) mass is 390 g/mol. The smallest absolute Gasteiger partial charge is 0.271 e. The predicted molar refractivity (Wildman–Crippen MR) is 88.6 cm³/mol. The quantitative estimate of drug-likeness (QED) is 0.795. The van der Waals surface area contributed by atoms with Crippen LogP contribution in [0.25, 0.3) is 0 Å². The highest BCUT2D eigenvalue weighted by atomic mass is 79.9. The van der Waals surface area contributed by atoms with Gasteiger partial charge in [-0.25, -0.2) is 8.42 Å². The maximum atomic E-state index is 12.3. The van der Waals surface area contributed by atoms with Crippen molar-refractivity contribution in [3.05, 3.63) is 39.7 Å². The highest BCUT2D eigenvalue weighted by Gasteiger charge is 2.17. The molecule has 0 radical (unpaired) electrons. The molecule has 0 atom stereocenters. The first-order valence-corrected chi connectivity index (χ1v) is 9.20. The molecule has 1 aromatic carbocycles. The summed E-state index contributed by atoms with van der Waals surface area (Å²) in [5, 5.41) is 4.82. The first kappa shape index (κ1) is 16.3. The molecule has 2 N–H and O–H groups in total. The Morgan fingerprint density at radius 2 is 2.10 bits per heavy atom. The van der Waals surface area contributed by atoms with Crippen LogP contribution in [0.4, 0.5) is 5.69 Å². The third kappa shape index (κ3) is 3.97. The van der Waals surface area contributed by atoms with E-state index in [1.807, 2.05) is 12.4 Å². The highest BCUT2D eigenvalue weighted by molar-refractivity contribution is 9.10. The molecule has 2 aromatic rings. The number of anilines is 1. The highest BCUT2D eigenvalue weighted by Crippen LogP contribution is 2.29. The molecule has 0 fully saturated rings. The van der Waals surface area contributed by atoms with E-state index < -0.39 is 10.0 Å². The number of sulfonamides is 1. The van der Waals surface area contributed by atoms with E-state index in [2.05, 4.69) is 26.0 Å². The molecule has 0 spiro atoms. The fourth-order valence-electron chi connectivity index (χ4n) is 1.73. The van der Waals surface area contributed by atoms with Crippen LogP contribution in [0.2, 0.25) is 0 Å². The van der Waals surface area contributed by atoms with Gasteiger partial charge in [0.2, 0.25) is 0 Å². The van der Waals surface area contributed by atoms with Crippen molar-refractivity contribution in [1.82, 2.24) is 5.32 Å². The molecule has 2 rings (SSSR count). The second-order valence-electron chi connectivity index (χ2n) is 4.26. The Hall–Kier alpha value is -1.09. The lowest BCUT2D eigenvalue weighted by molar-refractivity contribution is 0.412. The van der Waals surface area contributed by atoms with Gasteiger partial charge in [0.1, 0.15) is 9.96 Å². The molecule has 0 saturated carbocycles. The SMILES string of the molecule is CNCc1csc(S(=O)(=O)Nc2ccc(OC)c(Br)c2)c1. The summed E-state index contributed by atoms with van der Waals surface area (Å²) in [6.45, 7) is 0.639. The van der Waals surface area contributed by atoms with Gasteiger partial charge < -0.3 is 10.1 Å². The fourth-order valence-corrected chi connectivity index (χ4v) is 4.53. The largest absolute Gasteiger partial charge is 0.496 e. The minimum atomic E-state index is -3.57. The first-order valence-electron chi connectivity index (χ1n) is 6.04. The Balaban J connectivity index is 2.22. The lowest BCUT2D eigenvalue weighted by atomic mass is 10.3. The van der Waals surface area contributed by atoms with Crippen molar-refractivity contribution in [1.29, 1.82) is 0 Å². The summed E-state index contributed by atoms with van der Waals surface area (Å²) >= 11 is 4.53. The lowest BCUT2D eigenvalue weighted by Gasteiger charge is -2.08. The number of hydrogen-bond acceptors (Lipinski definition) is 5. The zero-order valence-corrected chi connectivity index (χ0v) is 14.7. The van der Waals surface area contributed by atoms with Gasteiger partial charge in [0.15, 0.2) is 0 Å². The van der Waals surface area contributed by atoms with Crippen LogP contribution < -0.4 is 14.8 Å². The van der Waals surface area contributed by atoms with Crippen molar-refractivity contribution in [3.63, 3.8) is 0 Å². The van der Waals surface area contributed by atoms with Crippen LogP contribution in [0.15, 0.2) is 38.3 Å². The number of benzene rings is 1. The van der Waals surface area contributed by atoms with E-state index in [1.54, 1.807) is 31.4 Å². The molecule has 114 valence electrons. The molecule has 0 aliphatic rings. The second-order valence-corrected chi connectivity index (χ2v) is 7.93. The number of hydrogen-bond donors (Lipinski definition) is 2. The van der Waals surface area contributed by atoms with Crippen LogP contribution in [0.1, 0.15) is 5.56 Å². The Labute approximate surface area is 136 Å². The lowest BCUT2D eigenvalue weighted by Crippen LogP contribution is -2.11. The summed E-state index contributed by atoms with van der Waals surface area (Å²) in [5.74, 6) is 0.644. The van der Waals surface area contributed by atoms with Gasteiger partial charge in [-0.05, 0) is 58.2 Å². The molecule has 0 amide bonds. The third-order valence-corrected chi connectivity index (χ3v) is 6.17. The summed E-state index contributed by atoms with van der Waals surface area (Å²) in [6.07, 6.45) is 0. The number of ether oxygens (including phenoxy) is 1. The molecule has 0 aliphatic heterocycles. The van der Waals surface area contributed by atoms with E-state index in [1.165, 1.54) is 11.3 Å². The zero-order chi connectivity index (χ0) is 15.5. The van der Waals surface area contributed by atoms with E-state index in [-0.39, 0.29) is 0 Å². The summed E-state index contributed by atoms with van der Waals surface area (Å²) in [5.41, 5.74) is 1.42. The van der Waals surface area contributed by atoms with Crippen molar-refractivity contribution in [2.75, 3.05) is 18.9 Å². The number of nitrogens with one attached hydrogen (secondary N) is 2. The Morgan fingerprint density at radius 3 is 2.71 bits per heavy atom. The van der Waals surface area contributed by atoms with E-state index in [4.69, 9.17) is 4.74 Å². The number of thiophene rings is 1. The van der Waals surface area contributed by atoms with Gasteiger partial charge in [-0.1, -0.05) is 0 Å². The van der Waals surface area contributed by atoms with Crippen LogP contribution in [0.3, 0.4) is 0 Å². The fraction of sp³-hybridized carbons (Fsp3) is 0.231.